The zero-order valence-corrected chi connectivity index (χ0v) is 15.6. The van der Waals surface area contributed by atoms with Gasteiger partial charge >= 0.3 is 12.1 Å². The summed E-state index contributed by atoms with van der Waals surface area (Å²) >= 11 is 12.1. The lowest BCUT2D eigenvalue weighted by Crippen LogP contribution is -2.22. The molecule has 2 rings (SSSR count). The van der Waals surface area contributed by atoms with Gasteiger partial charge in [0.1, 0.15) is 17.1 Å². The number of hydrogen-bond donors (Lipinski definition) is 0. The van der Waals surface area contributed by atoms with Crippen LogP contribution in [0.3, 0.4) is 0 Å². The third kappa shape index (κ3) is 4.92. The molecule has 0 N–H and O–H groups in total. The van der Waals surface area contributed by atoms with Crippen LogP contribution in [-0.2, 0) is 22.8 Å². The standard InChI is InChI=1S/C16H13Cl2F3N2O4/c1-3-26-14(25)7-27-12-4-8(9(17)5-10(12)18)15-11(24)6-13(16(19,20)21)23(2)22-15/h4-6H,3,7H2,1-2H3. The van der Waals surface area contributed by atoms with Crippen molar-refractivity contribution in [3.8, 4) is 17.0 Å². The number of carbonyl (C=O) groups is 1. The number of alkyl halides is 3. The van der Waals surface area contributed by atoms with Gasteiger partial charge in [0.05, 0.1) is 16.7 Å². The topological polar surface area (TPSA) is 70.4 Å². The Morgan fingerprint density at radius 1 is 1.22 bits per heavy atom. The molecular formula is C16H13Cl2F3N2O4. The van der Waals surface area contributed by atoms with Crippen LogP contribution in [0, 0.1) is 0 Å². The molecule has 0 bridgehead atoms. The van der Waals surface area contributed by atoms with E-state index in [2.05, 4.69) is 5.10 Å². The maximum absolute atomic E-state index is 12.9. The van der Waals surface area contributed by atoms with Crippen LogP contribution in [-0.4, -0.2) is 29.0 Å². The van der Waals surface area contributed by atoms with E-state index in [4.69, 9.17) is 32.7 Å². The first kappa shape index (κ1) is 21.0. The molecule has 0 aliphatic carbocycles. The van der Waals surface area contributed by atoms with Crippen molar-refractivity contribution in [2.24, 2.45) is 7.05 Å². The second-order valence-corrected chi connectivity index (χ2v) is 6.03. The predicted molar refractivity (Wildman–Crippen MR) is 92.1 cm³/mol. The minimum absolute atomic E-state index is 0.00660. The van der Waals surface area contributed by atoms with Gasteiger partial charge in [-0.2, -0.15) is 18.3 Å². The van der Waals surface area contributed by atoms with Gasteiger partial charge in [0.15, 0.2) is 6.61 Å². The molecule has 0 unspecified atom stereocenters. The highest BCUT2D eigenvalue weighted by Crippen LogP contribution is 2.36. The molecule has 0 fully saturated rings. The van der Waals surface area contributed by atoms with Crippen molar-refractivity contribution in [1.82, 2.24) is 9.78 Å². The van der Waals surface area contributed by atoms with Gasteiger partial charge in [-0.05, 0) is 19.1 Å². The predicted octanol–water partition coefficient (Wildman–Crippen LogP) is 3.71. The Balaban J connectivity index is 2.47. The Kier molecular flexibility index (Phi) is 6.38. The van der Waals surface area contributed by atoms with Gasteiger partial charge in [0, 0.05) is 18.7 Å². The van der Waals surface area contributed by atoms with Gasteiger partial charge in [-0.1, -0.05) is 23.2 Å². The summed E-state index contributed by atoms with van der Waals surface area (Å²) in [5.74, 6) is -0.651. The van der Waals surface area contributed by atoms with Crippen LogP contribution in [0.4, 0.5) is 13.2 Å². The van der Waals surface area contributed by atoms with E-state index in [1.807, 2.05) is 0 Å². The lowest BCUT2D eigenvalue weighted by atomic mass is 10.1. The minimum Gasteiger partial charge on any atom is -0.480 e. The molecule has 0 amide bonds. The van der Waals surface area contributed by atoms with Crippen molar-refractivity contribution in [3.63, 3.8) is 0 Å². The fourth-order valence-electron chi connectivity index (χ4n) is 2.15. The molecule has 0 aliphatic heterocycles. The normalized spacial score (nSPS) is 11.4. The van der Waals surface area contributed by atoms with Gasteiger partial charge in [0.2, 0.25) is 5.43 Å². The van der Waals surface area contributed by atoms with Gasteiger partial charge in [-0.15, -0.1) is 0 Å². The summed E-state index contributed by atoms with van der Waals surface area (Å²) in [6, 6.07) is 2.88. The number of halogens is 5. The monoisotopic (exact) mass is 424 g/mol. The molecule has 1 aromatic carbocycles. The maximum atomic E-state index is 12.9. The van der Waals surface area contributed by atoms with E-state index in [1.165, 1.54) is 12.1 Å². The Labute approximate surface area is 161 Å². The zero-order chi connectivity index (χ0) is 20.4. The Bertz CT molecular complexity index is 929. The number of carbonyl (C=O) groups excluding carboxylic acids is 1. The molecular weight excluding hydrogens is 412 g/mol. The van der Waals surface area contributed by atoms with Gasteiger partial charge < -0.3 is 9.47 Å². The highest BCUT2D eigenvalue weighted by atomic mass is 35.5. The number of aryl methyl sites for hydroxylation is 1. The van der Waals surface area contributed by atoms with E-state index in [0.29, 0.717) is 10.7 Å². The van der Waals surface area contributed by atoms with Crippen molar-refractivity contribution in [1.29, 1.82) is 0 Å². The molecule has 146 valence electrons. The van der Waals surface area contributed by atoms with Gasteiger partial charge in [0.25, 0.3) is 0 Å². The van der Waals surface area contributed by atoms with Crippen molar-refractivity contribution in [2.45, 2.75) is 13.1 Å². The Morgan fingerprint density at radius 2 is 1.89 bits per heavy atom. The quantitative estimate of drug-likeness (QED) is 0.684. The van der Waals surface area contributed by atoms with Gasteiger partial charge in [-0.25, -0.2) is 4.79 Å². The summed E-state index contributed by atoms with van der Waals surface area (Å²) in [6.07, 6.45) is -4.74. The average molecular weight is 425 g/mol. The molecule has 0 aliphatic rings. The van der Waals surface area contributed by atoms with Crippen LogP contribution in [0.1, 0.15) is 12.6 Å². The summed E-state index contributed by atoms with van der Waals surface area (Å²) in [6.45, 7) is 1.33. The van der Waals surface area contributed by atoms with Gasteiger partial charge in [-0.3, -0.25) is 9.48 Å². The highest BCUT2D eigenvalue weighted by Gasteiger charge is 2.34. The summed E-state index contributed by atoms with van der Waals surface area (Å²) in [5, 5.41) is 3.69. The first-order valence-electron chi connectivity index (χ1n) is 7.48. The van der Waals surface area contributed by atoms with Crippen molar-refractivity contribution in [3.05, 3.63) is 44.2 Å². The van der Waals surface area contributed by atoms with E-state index >= 15 is 0 Å². The summed E-state index contributed by atoms with van der Waals surface area (Å²) < 4.78 is 49.2. The number of ether oxygens (including phenoxy) is 2. The number of benzene rings is 1. The molecule has 0 saturated carbocycles. The molecule has 0 atom stereocenters. The highest BCUT2D eigenvalue weighted by molar-refractivity contribution is 6.37. The zero-order valence-electron chi connectivity index (χ0n) is 14.1. The number of hydrogen-bond acceptors (Lipinski definition) is 5. The van der Waals surface area contributed by atoms with E-state index in [-0.39, 0.29) is 33.7 Å². The maximum Gasteiger partial charge on any atom is 0.433 e. The number of aromatic nitrogens is 2. The lowest BCUT2D eigenvalue weighted by Gasteiger charge is -2.14. The fraction of sp³-hybridized carbons (Fsp3) is 0.312. The molecule has 6 nitrogen and oxygen atoms in total. The largest absolute Gasteiger partial charge is 0.480 e. The van der Waals surface area contributed by atoms with E-state index in [0.717, 1.165) is 7.05 Å². The summed E-state index contributed by atoms with van der Waals surface area (Å²) in [7, 11) is 1.05. The third-order valence-electron chi connectivity index (χ3n) is 3.32. The number of nitrogens with zero attached hydrogens (tertiary/aromatic N) is 2. The minimum atomic E-state index is -4.74. The van der Waals surface area contributed by atoms with Crippen LogP contribution in [0.2, 0.25) is 10.0 Å². The Hall–Kier alpha value is -2.26. The smallest absolute Gasteiger partial charge is 0.433 e. The van der Waals surface area contributed by atoms with E-state index in [1.54, 1.807) is 6.92 Å². The SMILES string of the molecule is CCOC(=O)COc1cc(-c2nn(C)c(C(F)(F)F)cc2=O)c(Cl)cc1Cl. The second kappa shape index (κ2) is 8.18. The molecule has 1 heterocycles. The fourth-order valence-corrected chi connectivity index (χ4v) is 2.68. The van der Waals surface area contributed by atoms with E-state index in [9.17, 15) is 22.8 Å². The van der Waals surface area contributed by atoms with Crippen LogP contribution in [0.5, 0.6) is 5.75 Å². The summed E-state index contributed by atoms with van der Waals surface area (Å²) in [5.41, 5.74) is -2.51. The molecule has 1 aromatic heterocycles. The summed E-state index contributed by atoms with van der Waals surface area (Å²) in [4.78, 5) is 23.5. The molecule has 2 aromatic rings. The average Bonchev–Trinajstić information content (AvgIpc) is 2.55. The molecule has 0 saturated heterocycles. The second-order valence-electron chi connectivity index (χ2n) is 5.22. The van der Waals surface area contributed by atoms with Crippen molar-refractivity contribution >= 4 is 29.2 Å². The first-order valence-corrected chi connectivity index (χ1v) is 8.23. The third-order valence-corrected chi connectivity index (χ3v) is 3.93. The van der Waals surface area contributed by atoms with Crippen LogP contribution in [0.25, 0.3) is 11.3 Å². The molecule has 27 heavy (non-hydrogen) atoms. The van der Waals surface area contributed by atoms with Crippen LogP contribution in [0.15, 0.2) is 23.0 Å². The molecule has 11 heteroatoms. The van der Waals surface area contributed by atoms with Crippen LogP contribution < -0.4 is 10.2 Å². The van der Waals surface area contributed by atoms with Crippen molar-refractivity contribution < 1.29 is 27.4 Å². The first-order chi connectivity index (χ1) is 12.5. The lowest BCUT2D eigenvalue weighted by molar-refractivity contribution is -0.145. The van der Waals surface area contributed by atoms with Crippen molar-refractivity contribution in [2.75, 3.05) is 13.2 Å². The molecule has 0 radical (unpaired) electrons. The number of esters is 1. The van der Waals surface area contributed by atoms with Crippen LogP contribution >= 0.6 is 23.2 Å². The van der Waals surface area contributed by atoms with E-state index < -0.39 is 29.9 Å². The Morgan fingerprint density at radius 3 is 2.48 bits per heavy atom. The molecule has 0 spiro atoms. The number of rotatable bonds is 5.